The molecule has 0 spiro atoms. The van der Waals surface area contributed by atoms with Crippen molar-refractivity contribution >= 4 is 5.97 Å². The van der Waals surface area contributed by atoms with E-state index in [0.717, 1.165) is 48.2 Å². The maximum absolute atomic E-state index is 11.7. The molecule has 1 N–H and O–H groups in total. The standard InChI is InChI=1S/C30H46N2O2/c1-3-5-7-9-11-12-13-15-17-19-27-23-32-29(24-31-27)26-20-21-28(30(33)34)25(22-26)18-16-14-10-8-6-4-2/h20-24H,3-19H2,1-2H3,(H,33,34). The Balaban J connectivity index is 1.82. The predicted molar refractivity (Wildman–Crippen MR) is 142 cm³/mol. The van der Waals surface area contributed by atoms with Crippen LogP contribution in [0.5, 0.6) is 0 Å². The van der Waals surface area contributed by atoms with Gasteiger partial charge in [-0.25, -0.2) is 4.79 Å². The van der Waals surface area contributed by atoms with Gasteiger partial charge < -0.3 is 5.11 Å². The van der Waals surface area contributed by atoms with Gasteiger partial charge >= 0.3 is 5.97 Å². The number of aromatic carboxylic acids is 1. The summed E-state index contributed by atoms with van der Waals surface area (Å²) in [6.07, 6.45) is 24.6. The number of carboxylic acids is 1. The third-order valence-electron chi connectivity index (χ3n) is 6.67. The number of hydrogen-bond donors (Lipinski definition) is 1. The lowest BCUT2D eigenvalue weighted by Gasteiger charge is -2.10. The van der Waals surface area contributed by atoms with Crippen LogP contribution in [0.3, 0.4) is 0 Å². The first-order valence-corrected chi connectivity index (χ1v) is 13.8. The zero-order valence-corrected chi connectivity index (χ0v) is 21.7. The van der Waals surface area contributed by atoms with Crippen molar-refractivity contribution in [2.24, 2.45) is 0 Å². The van der Waals surface area contributed by atoms with E-state index < -0.39 is 5.97 Å². The molecule has 4 nitrogen and oxygen atoms in total. The lowest BCUT2D eigenvalue weighted by atomic mass is 9.97. The monoisotopic (exact) mass is 466 g/mol. The molecule has 4 heteroatoms. The van der Waals surface area contributed by atoms with Gasteiger partial charge in [-0.3, -0.25) is 9.97 Å². The zero-order valence-electron chi connectivity index (χ0n) is 21.7. The Hall–Kier alpha value is -2.23. The molecule has 0 radical (unpaired) electrons. The van der Waals surface area contributed by atoms with E-state index in [4.69, 9.17) is 0 Å². The van der Waals surface area contributed by atoms with E-state index in [1.165, 1.54) is 83.5 Å². The van der Waals surface area contributed by atoms with Crippen molar-refractivity contribution in [3.63, 3.8) is 0 Å². The van der Waals surface area contributed by atoms with Gasteiger partial charge in [0, 0.05) is 11.8 Å². The van der Waals surface area contributed by atoms with Crippen molar-refractivity contribution in [1.29, 1.82) is 0 Å². The molecular formula is C30H46N2O2. The number of carbonyl (C=O) groups is 1. The van der Waals surface area contributed by atoms with Crippen molar-refractivity contribution in [3.05, 3.63) is 47.4 Å². The average molecular weight is 467 g/mol. The van der Waals surface area contributed by atoms with Gasteiger partial charge in [-0.05, 0) is 43.4 Å². The molecule has 0 unspecified atom stereocenters. The molecule has 1 aromatic heterocycles. The van der Waals surface area contributed by atoms with E-state index in [9.17, 15) is 9.90 Å². The lowest BCUT2D eigenvalue weighted by Crippen LogP contribution is -2.03. The van der Waals surface area contributed by atoms with E-state index in [0.29, 0.717) is 5.56 Å². The SMILES string of the molecule is CCCCCCCCCCCc1cnc(-c2ccc(C(=O)O)c(CCCCCCCC)c2)cn1. The summed E-state index contributed by atoms with van der Waals surface area (Å²) >= 11 is 0. The largest absolute Gasteiger partial charge is 0.478 e. The minimum absolute atomic E-state index is 0.409. The van der Waals surface area contributed by atoms with Crippen molar-refractivity contribution < 1.29 is 9.90 Å². The molecule has 0 fully saturated rings. The van der Waals surface area contributed by atoms with Crippen molar-refractivity contribution in [3.8, 4) is 11.3 Å². The molecule has 0 saturated heterocycles. The molecule has 0 aliphatic rings. The number of unbranched alkanes of at least 4 members (excludes halogenated alkanes) is 13. The van der Waals surface area contributed by atoms with Crippen LogP contribution in [0, 0.1) is 0 Å². The second-order valence-electron chi connectivity index (χ2n) is 9.67. The molecule has 2 aromatic rings. The summed E-state index contributed by atoms with van der Waals surface area (Å²) in [6, 6.07) is 5.58. The van der Waals surface area contributed by atoms with Gasteiger partial charge in [-0.2, -0.15) is 0 Å². The van der Waals surface area contributed by atoms with Crippen LogP contribution in [0.1, 0.15) is 132 Å². The molecular weight excluding hydrogens is 420 g/mol. The van der Waals surface area contributed by atoms with Crippen molar-refractivity contribution in [1.82, 2.24) is 9.97 Å². The Morgan fingerprint density at radius 1 is 0.706 bits per heavy atom. The van der Waals surface area contributed by atoms with E-state index in [2.05, 4.69) is 23.8 Å². The molecule has 0 aliphatic carbocycles. The van der Waals surface area contributed by atoms with Gasteiger partial charge in [0.05, 0.1) is 23.1 Å². The average Bonchev–Trinajstić information content (AvgIpc) is 2.85. The Kier molecular flexibility index (Phi) is 14.2. The van der Waals surface area contributed by atoms with Crippen molar-refractivity contribution in [2.45, 2.75) is 123 Å². The number of hydrogen-bond acceptors (Lipinski definition) is 3. The van der Waals surface area contributed by atoms with Gasteiger partial charge in [0.2, 0.25) is 0 Å². The van der Waals surface area contributed by atoms with Gasteiger partial charge in [0.25, 0.3) is 0 Å². The van der Waals surface area contributed by atoms with Crippen LogP contribution in [0.15, 0.2) is 30.6 Å². The maximum atomic E-state index is 11.7. The fraction of sp³-hybridized carbons (Fsp3) is 0.633. The molecule has 34 heavy (non-hydrogen) atoms. The fourth-order valence-electron chi connectivity index (χ4n) is 4.51. The second-order valence-corrected chi connectivity index (χ2v) is 9.67. The molecule has 1 heterocycles. The maximum Gasteiger partial charge on any atom is 0.335 e. The van der Waals surface area contributed by atoms with Crippen LogP contribution < -0.4 is 0 Å². The van der Waals surface area contributed by atoms with Gasteiger partial charge in [-0.15, -0.1) is 0 Å². The predicted octanol–water partition coefficient (Wildman–Crippen LogP) is 8.82. The Morgan fingerprint density at radius 3 is 1.79 bits per heavy atom. The highest BCUT2D eigenvalue weighted by atomic mass is 16.4. The molecule has 0 amide bonds. The first-order chi connectivity index (χ1) is 16.7. The molecule has 1 aromatic carbocycles. The summed E-state index contributed by atoms with van der Waals surface area (Å²) in [4.78, 5) is 21.0. The molecule has 2 rings (SSSR count). The van der Waals surface area contributed by atoms with Gasteiger partial charge in [0.1, 0.15) is 0 Å². The number of aromatic nitrogens is 2. The molecule has 0 bridgehead atoms. The minimum Gasteiger partial charge on any atom is -0.478 e. The first-order valence-electron chi connectivity index (χ1n) is 13.8. The molecule has 0 saturated carbocycles. The highest BCUT2D eigenvalue weighted by Crippen LogP contribution is 2.23. The molecule has 0 atom stereocenters. The number of aryl methyl sites for hydroxylation is 2. The summed E-state index contributed by atoms with van der Waals surface area (Å²) in [5, 5.41) is 9.59. The first kappa shape index (κ1) is 28.0. The fourth-order valence-corrected chi connectivity index (χ4v) is 4.51. The van der Waals surface area contributed by atoms with Crippen LogP contribution in [-0.2, 0) is 12.8 Å². The third-order valence-corrected chi connectivity index (χ3v) is 6.67. The molecule has 0 aliphatic heterocycles. The van der Waals surface area contributed by atoms with Crippen LogP contribution in [-0.4, -0.2) is 21.0 Å². The molecule has 188 valence electrons. The summed E-state index contributed by atoms with van der Waals surface area (Å²) < 4.78 is 0. The Morgan fingerprint density at radius 2 is 1.26 bits per heavy atom. The minimum atomic E-state index is -0.852. The van der Waals surface area contributed by atoms with Crippen LogP contribution >= 0.6 is 0 Å². The number of carboxylic acid groups (broad SMARTS) is 1. The normalized spacial score (nSPS) is 11.1. The van der Waals surface area contributed by atoms with E-state index >= 15 is 0 Å². The smallest absolute Gasteiger partial charge is 0.335 e. The third kappa shape index (κ3) is 10.8. The summed E-state index contributed by atoms with van der Waals surface area (Å²) in [5.74, 6) is -0.852. The summed E-state index contributed by atoms with van der Waals surface area (Å²) in [5.41, 5.74) is 4.12. The van der Waals surface area contributed by atoms with E-state index in [1.54, 1.807) is 6.07 Å². The quantitative estimate of drug-likeness (QED) is 0.210. The van der Waals surface area contributed by atoms with Crippen LogP contribution in [0.25, 0.3) is 11.3 Å². The summed E-state index contributed by atoms with van der Waals surface area (Å²) in [6.45, 7) is 4.48. The lowest BCUT2D eigenvalue weighted by molar-refractivity contribution is 0.0695. The highest BCUT2D eigenvalue weighted by molar-refractivity contribution is 5.90. The van der Waals surface area contributed by atoms with Gasteiger partial charge in [-0.1, -0.05) is 103 Å². The van der Waals surface area contributed by atoms with Crippen molar-refractivity contribution in [2.75, 3.05) is 0 Å². The number of benzene rings is 1. The summed E-state index contributed by atoms with van der Waals surface area (Å²) in [7, 11) is 0. The topological polar surface area (TPSA) is 63.1 Å². The highest BCUT2D eigenvalue weighted by Gasteiger charge is 2.12. The second kappa shape index (κ2) is 17.2. The number of nitrogens with zero attached hydrogens (tertiary/aromatic N) is 2. The van der Waals surface area contributed by atoms with E-state index in [1.807, 2.05) is 24.5 Å². The van der Waals surface area contributed by atoms with Crippen LogP contribution in [0.4, 0.5) is 0 Å². The van der Waals surface area contributed by atoms with Crippen LogP contribution in [0.2, 0.25) is 0 Å². The Labute approximate surface area is 207 Å². The zero-order chi connectivity index (χ0) is 24.4. The van der Waals surface area contributed by atoms with E-state index in [-0.39, 0.29) is 0 Å². The number of rotatable bonds is 19. The Bertz CT molecular complexity index is 817. The van der Waals surface area contributed by atoms with Gasteiger partial charge in [0.15, 0.2) is 0 Å².